The van der Waals surface area contributed by atoms with Gasteiger partial charge in [0.25, 0.3) is 0 Å². The lowest BCUT2D eigenvalue weighted by Crippen LogP contribution is -2.49. The van der Waals surface area contributed by atoms with Crippen LogP contribution in [0.15, 0.2) is 48.5 Å². The van der Waals surface area contributed by atoms with Gasteiger partial charge in [-0.1, -0.05) is 74.3 Å². The predicted octanol–water partition coefficient (Wildman–Crippen LogP) is 5.16. The van der Waals surface area contributed by atoms with Crippen molar-refractivity contribution in [3.8, 4) is 0 Å². The Morgan fingerprint density at radius 2 is 1.60 bits per heavy atom. The molecule has 0 aliphatic heterocycles. The summed E-state index contributed by atoms with van der Waals surface area (Å²) < 4.78 is 0. The first-order valence-corrected chi connectivity index (χ1v) is 11.0. The molecule has 0 aliphatic rings. The average molecular weight is 429 g/mol. The van der Waals surface area contributed by atoms with E-state index in [0.717, 1.165) is 11.1 Å². The zero-order valence-electron chi connectivity index (χ0n) is 18.5. The van der Waals surface area contributed by atoms with Crippen molar-refractivity contribution in [2.45, 2.75) is 59.5 Å². The van der Waals surface area contributed by atoms with Crippen molar-refractivity contribution in [1.29, 1.82) is 0 Å². The lowest BCUT2D eigenvalue weighted by atomic mass is 10.0. The molecule has 2 aromatic rings. The molecule has 0 heterocycles. The molecule has 5 heteroatoms. The van der Waals surface area contributed by atoms with Crippen molar-refractivity contribution in [2.24, 2.45) is 5.92 Å². The van der Waals surface area contributed by atoms with E-state index < -0.39 is 6.04 Å². The van der Waals surface area contributed by atoms with Gasteiger partial charge in [0.05, 0.1) is 0 Å². The molecular formula is C25H33ClN2O2. The summed E-state index contributed by atoms with van der Waals surface area (Å²) in [4.78, 5) is 27.8. The van der Waals surface area contributed by atoms with Crippen molar-refractivity contribution in [3.05, 3.63) is 70.2 Å². The lowest BCUT2D eigenvalue weighted by Gasteiger charge is -2.31. The summed E-state index contributed by atoms with van der Waals surface area (Å²) in [5, 5.41) is 3.64. The standard InChI is InChI=1S/C25H33ClN2O2/c1-5-23(25(30)27-16-18(2)3)28(17-21-10-13-22(26)14-11-21)24(29)15-12-20-8-6-19(4)7-9-20/h6-11,13-14,18,23H,5,12,15-17H2,1-4H3,(H,27,30)/t23-/m1/s1. The van der Waals surface area contributed by atoms with Gasteiger partial charge in [-0.25, -0.2) is 0 Å². The van der Waals surface area contributed by atoms with Gasteiger partial charge in [-0.05, 0) is 48.9 Å². The molecule has 0 unspecified atom stereocenters. The number of carbonyl (C=O) groups excluding carboxylic acids is 2. The van der Waals surface area contributed by atoms with E-state index >= 15 is 0 Å². The van der Waals surface area contributed by atoms with Crippen LogP contribution in [-0.4, -0.2) is 29.3 Å². The Bertz CT molecular complexity index is 816. The first kappa shape index (κ1) is 23.9. The minimum absolute atomic E-state index is 0.0166. The molecule has 4 nitrogen and oxygen atoms in total. The van der Waals surface area contributed by atoms with Crippen LogP contribution >= 0.6 is 11.6 Å². The molecule has 0 bridgehead atoms. The van der Waals surface area contributed by atoms with Crippen LogP contribution in [0.1, 0.15) is 50.3 Å². The third-order valence-electron chi connectivity index (χ3n) is 5.08. The van der Waals surface area contributed by atoms with Crippen LogP contribution < -0.4 is 5.32 Å². The largest absolute Gasteiger partial charge is 0.354 e. The van der Waals surface area contributed by atoms with Gasteiger partial charge < -0.3 is 10.2 Å². The van der Waals surface area contributed by atoms with Crippen LogP contribution in [0.2, 0.25) is 5.02 Å². The van der Waals surface area contributed by atoms with E-state index in [1.807, 2.05) is 38.1 Å². The molecule has 2 rings (SSSR count). The zero-order chi connectivity index (χ0) is 22.1. The smallest absolute Gasteiger partial charge is 0.242 e. The van der Waals surface area contributed by atoms with Crippen LogP contribution in [0.3, 0.4) is 0 Å². The fourth-order valence-corrected chi connectivity index (χ4v) is 3.40. The molecule has 0 spiro atoms. The van der Waals surface area contributed by atoms with Crippen molar-refractivity contribution >= 4 is 23.4 Å². The van der Waals surface area contributed by atoms with Crippen molar-refractivity contribution in [3.63, 3.8) is 0 Å². The average Bonchev–Trinajstić information content (AvgIpc) is 2.72. The molecule has 1 N–H and O–H groups in total. The SMILES string of the molecule is CC[C@H](C(=O)NCC(C)C)N(Cc1ccc(Cl)cc1)C(=O)CCc1ccc(C)cc1. The summed E-state index contributed by atoms with van der Waals surface area (Å²) in [6.07, 6.45) is 1.58. The maximum absolute atomic E-state index is 13.2. The van der Waals surface area contributed by atoms with Gasteiger partial charge in [-0.15, -0.1) is 0 Å². The number of carbonyl (C=O) groups is 2. The highest BCUT2D eigenvalue weighted by molar-refractivity contribution is 6.30. The number of amides is 2. The number of benzene rings is 2. The molecule has 2 aromatic carbocycles. The summed E-state index contributed by atoms with van der Waals surface area (Å²) >= 11 is 6.01. The van der Waals surface area contributed by atoms with Gasteiger partial charge in [0, 0.05) is 24.5 Å². The van der Waals surface area contributed by atoms with E-state index in [2.05, 4.69) is 43.4 Å². The van der Waals surface area contributed by atoms with Crippen LogP contribution in [0.25, 0.3) is 0 Å². The Labute approximate surface area is 185 Å². The molecule has 162 valence electrons. The van der Waals surface area contributed by atoms with Gasteiger partial charge >= 0.3 is 0 Å². The summed E-state index contributed by atoms with van der Waals surface area (Å²) in [6.45, 7) is 9.09. The highest BCUT2D eigenvalue weighted by atomic mass is 35.5. The summed E-state index contributed by atoms with van der Waals surface area (Å²) in [6, 6.07) is 15.2. The molecule has 0 aromatic heterocycles. The fourth-order valence-electron chi connectivity index (χ4n) is 3.28. The number of hydrogen-bond donors (Lipinski definition) is 1. The summed E-state index contributed by atoms with van der Waals surface area (Å²) in [5.74, 6) is 0.245. The summed E-state index contributed by atoms with van der Waals surface area (Å²) in [5.41, 5.74) is 3.28. The Kier molecular flexibility index (Phi) is 9.38. The van der Waals surface area contributed by atoms with E-state index in [1.165, 1.54) is 5.56 Å². The monoisotopic (exact) mass is 428 g/mol. The third-order valence-corrected chi connectivity index (χ3v) is 5.34. The highest BCUT2D eigenvalue weighted by Crippen LogP contribution is 2.17. The normalized spacial score (nSPS) is 11.9. The quantitative estimate of drug-likeness (QED) is 0.568. The molecule has 30 heavy (non-hydrogen) atoms. The first-order valence-electron chi connectivity index (χ1n) is 10.7. The predicted molar refractivity (Wildman–Crippen MR) is 123 cm³/mol. The minimum atomic E-state index is -0.495. The molecule has 0 saturated heterocycles. The first-order chi connectivity index (χ1) is 14.3. The molecule has 0 radical (unpaired) electrons. The van der Waals surface area contributed by atoms with Gasteiger partial charge in [-0.2, -0.15) is 0 Å². The number of nitrogens with one attached hydrogen (secondary N) is 1. The summed E-state index contributed by atoms with van der Waals surface area (Å²) in [7, 11) is 0. The van der Waals surface area contributed by atoms with Gasteiger partial charge in [-0.3, -0.25) is 9.59 Å². The number of aryl methyl sites for hydroxylation is 2. The van der Waals surface area contributed by atoms with Gasteiger partial charge in [0.2, 0.25) is 11.8 Å². The second kappa shape index (κ2) is 11.8. The van der Waals surface area contributed by atoms with E-state index in [1.54, 1.807) is 4.90 Å². The Hall–Kier alpha value is -2.33. The van der Waals surface area contributed by atoms with E-state index in [9.17, 15) is 9.59 Å². The number of halogens is 1. The van der Waals surface area contributed by atoms with Gasteiger partial charge in [0.15, 0.2) is 0 Å². The van der Waals surface area contributed by atoms with Crippen LogP contribution in [-0.2, 0) is 22.6 Å². The number of nitrogens with zero attached hydrogens (tertiary/aromatic N) is 1. The van der Waals surface area contributed by atoms with Crippen LogP contribution in [0, 0.1) is 12.8 Å². The number of hydrogen-bond acceptors (Lipinski definition) is 2. The molecule has 1 atom stereocenters. The maximum Gasteiger partial charge on any atom is 0.242 e. The Balaban J connectivity index is 2.17. The van der Waals surface area contributed by atoms with Crippen LogP contribution in [0.4, 0.5) is 0 Å². The second-order valence-corrected chi connectivity index (χ2v) is 8.63. The molecule has 0 saturated carbocycles. The van der Waals surface area contributed by atoms with E-state index in [-0.39, 0.29) is 11.8 Å². The van der Waals surface area contributed by atoms with E-state index in [4.69, 9.17) is 11.6 Å². The van der Waals surface area contributed by atoms with Crippen molar-refractivity contribution in [1.82, 2.24) is 10.2 Å². The minimum Gasteiger partial charge on any atom is -0.354 e. The maximum atomic E-state index is 13.2. The molecule has 0 fully saturated rings. The van der Waals surface area contributed by atoms with Crippen molar-refractivity contribution in [2.75, 3.05) is 6.54 Å². The van der Waals surface area contributed by atoms with Gasteiger partial charge in [0.1, 0.15) is 6.04 Å². The van der Waals surface area contributed by atoms with Crippen LogP contribution in [0.5, 0.6) is 0 Å². The number of rotatable bonds is 10. The Morgan fingerprint density at radius 1 is 1.00 bits per heavy atom. The molecule has 2 amide bonds. The van der Waals surface area contributed by atoms with Crippen molar-refractivity contribution < 1.29 is 9.59 Å². The second-order valence-electron chi connectivity index (χ2n) is 8.20. The fraction of sp³-hybridized carbons (Fsp3) is 0.440. The highest BCUT2D eigenvalue weighted by Gasteiger charge is 2.28. The third kappa shape index (κ3) is 7.49. The van der Waals surface area contributed by atoms with E-state index in [0.29, 0.717) is 43.3 Å². The Morgan fingerprint density at radius 3 is 2.17 bits per heavy atom. The lowest BCUT2D eigenvalue weighted by molar-refractivity contribution is -0.141. The molecular weight excluding hydrogens is 396 g/mol. The zero-order valence-corrected chi connectivity index (χ0v) is 19.2. The topological polar surface area (TPSA) is 49.4 Å². The molecule has 0 aliphatic carbocycles.